The highest BCUT2D eigenvalue weighted by molar-refractivity contribution is 5.23. The topological polar surface area (TPSA) is 67.1 Å². The van der Waals surface area contributed by atoms with Crippen molar-refractivity contribution in [3.05, 3.63) is 41.2 Å². The van der Waals surface area contributed by atoms with Crippen LogP contribution in [-0.2, 0) is 13.6 Å². The van der Waals surface area contributed by atoms with Gasteiger partial charge in [-0.25, -0.2) is 13.5 Å². The van der Waals surface area contributed by atoms with Crippen LogP contribution in [0.25, 0.3) is 0 Å². The van der Waals surface area contributed by atoms with Gasteiger partial charge >= 0.3 is 0 Å². The Labute approximate surface area is 120 Å². The molecule has 0 radical (unpaired) electrons. The maximum absolute atomic E-state index is 13.4. The molecule has 2 heterocycles. The Morgan fingerprint density at radius 3 is 2.81 bits per heavy atom. The lowest BCUT2D eigenvalue weighted by atomic mass is 10.0. The SMILES string of the molecule is Cn1nnnc1CN1C[C@@H](O)C[C@@H]1c1ccc(F)c(F)c1. The Kier molecular flexibility index (Phi) is 3.64. The van der Waals surface area contributed by atoms with E-state index < -0.39 is 17.7 Å². The van der Waals surface area contributed by atoms with E-state index in [-0.39, 0.29) is 6.04 Å². The quantitative estimate of drug-likeness (QED) is 0.907. The first-order valence-electron chi connectivity index (χ1n) is 6.63. The maximum atomic E-state index is 13.4. The van der Waals surface area contributed by atoms with Gasteiger partial charge < -0.3 is 5.11 Å². The van der Waals surface area contributed by atoms with Gasteiger partial charge in [-0.1, -0.05) is 6.07 Å². The van der Waals surface area contributed by atoms with Crippen molar-refractivity contribution in [3.63, 3.8) is 0 Å². The Balaban J connectivity index is 1.85. The van der Waals surface area contributed by atoms with Crippen molar-refractivity contribution in [2.24, 2.45) is 7.05 Å². The summed E-state index contributed by atoms with van der Waals surface area (Å²) in [5, 5.41) is 21.1. The molecular weight excluding hydrogens is 280 g/mol. The number of halogens is 2. The summed E-state index contributed by atoms with van der Waals surface area (Å²) in [5.74, 6) is -1.10. The lowest BCUT2D eigenvalue weighted by Gasteiger charge is -2.23. The minimum absolute atomic E-state index is 0.188. The number of hydrogen-bond acceptors (Lipinski definition) is 5. The van der Waals surface area contributed by atoms with Crippen LogP contribution in [0.15, 0.2) is 18.2 Å². The number of aryl methyl sites for hydroxylation is 1. The van der Waals surface area contributed by atoms with E-state index >= 15 is 0 Å². The average molecular weight is 295 g/mol. The van der Waals surface area contributed by atoms with Gasteiger partial charge in [0.1, 0.15) is 0 Å². The molecule has 0 saturated carbocycles. The van der Waals surface area contributed by atoms with Gasteiger partial charge in [0.25, 0.3) is 0 Å². The smallest absolute Gasteiger partial charge is 0.165 e. The summed E-state index contributed by atoms with van der Waals surface area (Å²) in [7, 11) is 1.73. The number of aliphatic hydroxyl groups is 1. The fourth-order valence-electron chi connectivity index (χ4n) is 2.68. The van der Waals surface area contributed by atoms with Crippen LogP contribution in [0, 0.1) is 11.6 Å². The third-order valence-corrected chi connectivity index (χ3v) is 3.76. The van der Waals surface area contributed by atoms with Crippen molar-refractivity contribution in [1.29, 1.82) is 0 Å². The normalized spacial score (nSPS) is 22.9. The third-order valence-electron chi connectivity index (χ3n) is 3.76. The molecule has 1 N–H and O–H groups in total. The molecule has 0 unspecified atom stereocenters. The first-order valence-corrected chi connectivity index (χ1v) is 6.63. The van der Waals surface area contributed by atoms with Crippen LogP contribution in [0.3, 0.4) is 0 Å². The van der Waals surface area contributed by atoms with Gasteiger partial charge in [0.05, 0.1) is 12.6 Å². The summed E-state index contributed by atoms with van der Waals surface area (Å²) in [6.07, 6.45) is -0.0413. The van der Waals surface area contributed by atoms with E-state index in [9.17, 15) is 13.9 Å². The molecule has 6 nitrogen and oxygen atoms in total. The van der Waals surface area contributed by atoms with Gasteiger partial charge in [-0.3, -0.25) is 4.90 Å². The molecule has 1 fully saturated rings. The van der Waals surface area contributed by atoms with Gasteiger partial charge in [0.2, 0.25) is 0 Å². The summed E-state index contributed by atoms with van der Waals surface area (Å²) < 4.78 is 28.0. The number of β-amino-alcohol motifs (C(OH)–C–C–N with tert-alkyl or cyclic N) is 1. The lowest BCUT2D eigenvalue weighted by molar-refractivity contribution is 0.170. The number of tetrazole rings is 1. The van der Waals surface area contributed by atoms with E-state index in [2.05, 4.69) is 15.5 Å². The molecule has 2 atom stereocenters. The standard InChI is InChI=1S/C13H15F2N5O/c1-19-13(16-17-18-19)7-20-6-9(21)5-12(20)8-2-3-10(14)11(15)4-8/h2-4,9,12,21H,5-7H2,1H3/t9-,12+/m0/s1. The first kappa shape index (κ1) is 14.0. The molecule has 1 aromatic heterocycles. The Morgan fingerprint density at radius 2 is 2.14 bits per heavy atom. The number of aromatic nitrogens is 4. The second-order valence-corrected chi connectivity index (χ2v) is 5.23. The first-order chi connectivity index (χ1) is 10.0. The molecule has 3 rings (SSSR count). The van der Waals surface area contributed by atoms with Crippen LogP contribution >= 0.6 is 0 Å². The van der Waals surface area contributed by atoms with Gasteiger partial charge in [-0.05, 0) is 34.5 Å². The van der Waals surface area contributed by atoms with Crippen molar-refractivity contribution in [3.8, 4) is 0 Å². The van der Waals surface area contributed by atoms with Crippen molar-refractivity contribution in [2.45, 2.75) is 25.1 Å². The van der Waals surface area contributed by atoms with Crippen LogP contribution in [-0.4, -0.2) is 42.9 Å². The van der Waals surface area contributed by atoms with Crippen molar-refractivity contribution < 1.29 is 13.9 Å². The van der Waals surface area contributed by atoms with Crippen LogP contribution < -0.4 is 0 Å². The number of aliphatic hydroxyl groups excluding tert-OH is 1. The summed E-state index contributed by atoms with van der Waals surface area (Å²) in [6.45, 7) is 0.876. The molecule has 8 heteroatoms. The average Bonchev–Trinajstić information content (AvgIpc) is 3.00. The Hall–Kier alpha value is -1.93. The minimum atomic E-state index is -0.880. The molecule has 0 amide bonds. The zero-order chi connectivity index (χ0) is 15.0. The fraction of sp³-hybridized carbons (Fsp3) is 0.462. The molecule has 0 bridgehead atoms. The highest BCUT2D eigenvalue weighted by atomic mass is 19.2. The second kappa shape index (κ2) is 5.45. The fourth-order valence-corrected chi connectivity index (χ4v) is 2.68. The number of nitrogens with zero attached hydrogens (tertiary/aromatic N) is 5. The molecule has 1 aromatic carbocycles. The van der Waals surface area contributed by atoms with Gasteiger partial charge in [0, 0.05) is 19.6 Å². The van der Waals surface area contributed by atoms with Gasteiger partial charge in [0.15, 0.2) is 17.5 Å². The zero-order valence-electron chi connectivity index (χ0n) is 11.4. The van der Waals surface area contributed by atoms with Gasteiger partial charge in [-0.2, -0.15) is 0 Å². The number of likely N-dealkylation sites (tertiary alicyclic amines) is 1. The summed E-state index contributed by atoms with van der Waals surface area (Å²) in [6, 6.07) is 3.65. The molecular formula is C13H15F2N5O. The predicted octanol–water partition coefficient (Wildman–Crippen LogP) is 0.796. The van der Waals surface area contributed by atoms with Gasteiger partial charge in [-0.15, -0.1) is 5.10 Å². The second-order valence-electron chi connectivity index (χ2n) is 5.23. The highest BCUT2D eigenvalue weighted by Gasteiger charge is 2.33. The highest BCUT2D eigenvalue weighted by Crippen LogP contribution is 2.33. The molecule has 1 saturated heterocycles. The molecule has 2 aromatic rings. The molecule has 0 aliphatic carbocycles. The van der Waals surface area contributed by atoms with E-state index in [4.69, 9.17) is 0 Å². The number of benzene rings is 1. The van der Waals surface area contributed by atoms with Crippen LogP contribution in [0.2, 0.25) is 0 Å². The lowest BCUT2D eigenvalue weighted by Crippen LogP contribution is -2.26. The van der Waals surface area contributed by atoms with E-state index in [0.29, 0.717) is 30.9 Å². The van der Waals surface area contributed by atoms with E-state index in [0.717, 1.165) is 6.07 Å². The Bertz CT molecular complexity index is 647. The van der Waals surface area contributed by atoms with Crippen LogP contribution in [0.1, 0.15) is 23.9 Å². The molecule has 1 aliphatic rings. The Morgan fingerprint density at radius 1 is 1.33 bits per heavy atom. The molecule has 1 aliphatic heterocycles. The number of rotatable bonds is 3. The largest absolute Gasteiger partial charge is 0.392 e. The van der Waals surface area contributed by atoms with Crippen molar-refractivity contribution in [1.82, 2.24) is 25.1 Å². The monoisotopic (exact) mass is 295 g/mol. The molecule has 21 heavy (non-hydrogen) atoms. The number of hydrogen-bond donors (Lipinski definition) is 1. The van der Waals surface area contributed by atoms with Crippen LogP contribution in [0.4, 0.5) is 8.78 Å². The van der Waals surface area contributed by atoms with Crippen LogP contribution in [0.5, 0.6) is 0 Å². The van der Waals surface area contributed by atoms with E-state index in [1.807, 2.05) is 4.90 Å². The maximum Gasteiger partial charge on any atom is 0.165 e. The van der Waals surface area contributed by atoms with Crippen molar-refractivity contribution >= 4 is 0 Å². The summed E-state index contributed by atoms with van der Waals surface area (Å²) in [4.78, 5) is 1.96. The predicted molar refractivity (Wildman–Crippen MR) is 68.9 cm³/mol. The zero-order valence-corrected chi connectivity index (χ0v) is 11.4. The van der Waals surface area contributed by atoms with E-state index in [1.165, 1.54) is 6.07 Å². The molecule has 112 valence electrons. The summed E-state index contributed by atoms with van der Waals surface area (Å²) >= 11 is 0. The van der Waals surface area contributed by atoms with Crippen molar-refractivity contribution in [2.75, 3.05) is 6.54 Å². The third kappa shape index (κ3) is 2.77. The van der Waals surface area contributed by atoms with E-state index in [1.54, 1.807) is 17.8 Å². The summed E-state index contributed by atoms with van der Waals surface area (Å²) in [5.41, 5.74) is 0.639. The molecule has 0 spiro atoms. The minimum Gasteiger partial charge on any atom is -0.392 e.